The molecule has 1 saturated heterocycles. The Bertz CT molecular complexity index is 756. The number of hydrogen-bond acceptors (Lipinski definition) is 3. The van der Waals surface area contributed by atoms with Crippen molar-refractivity contribution < 1.29 is 4.79 Å². The van der Waals surface area contributed by atoms with Crippen LogP contribution in [-0.2, 0) is 4.79 Å². The first-order chi connectivity index (χ1) is 12.5. The Hall–Kier alpha value is -1.91. The van der Waals surface area contributed by atoms with Crippen molar-refractivity contribution in [3.8, 4) is 0 Å². The molecular weight excluding hydrogens is 369 g/mol. The highest BCUT2D eigenvalue weighted by molar-refractivity contribution is 6.35. The number of anilines is 3. The lowest BCUT2D eigenvalue weighted by Crippen LogP contribution is -2.32. The summed E-state index contributed by atoms with van der Waals surface area (Å²) in [6, 6.07) is 13.1. The van der Waals surface area contributed by atoms with E-state index >= 15 is 0 Å². The molecule has 0 bridgehead atoms. The molecule has 1 aliphatic rings. The normalized spacial score (nSPS) is 15.0. The minimum Gasteiger partial charge on any atom is -0.375 e. The molecule has 0 aliphatic carbocycles. The molecule has 1 fully saturated rings. The van der Waals surface area contributed by atoms with E-state index < -0.39 is 0 Å². The Kier molecular flexibility index (Phi) is 6.28. The van der Waals surface area contributed by atoms with Gasteiger partial charge >= 0.3 is 0 Å². The number of piperidine rings is 1. The molecule has 3 rings (SSSR count). The third-order valence-electron chi connectivity index (χ3n) is 4.67. The van der Waals surface area contributed by atoms with Crippen LogP contribution in [0.5, 0.6) is 0 Å². The topological polar surface area (TPSA) is 44.4 Å². The minimum atomic E-state index is -0.138. The summed E-state index contributed by atoms with van der Waals surface area (Å²) in [5.41, 5.74) is 2.63. The highest BCUT2D eigenvalue weighted by atomic mass is 35.5. The molecule has 2 aromatic rings. The molecule has 138 valence electrons. The number of nitrogens with one attached hydrogen (secondary N) is 2. The predicted molar refractivity (Wildman–Crippen MR) is 111 cm³/mol. The van der Waals surface area contributed by atoms with Crippen LogP contribution < -0.4 is 15.5 Å². The van der Waals surface area contributed by atoms with E-state index in [-0.39, 0.29) is 12.5 Å². The van der Waals surface area contributed by atoms with Gasteiger partial charge in [0, 0.05) is 29.5 Å². The first-order valence-corrected chi connectivity index (χ1v) is 9.60. The number of benzene rings is 2. The summed E-state index contributed by atoms with van der Waals surface area (Å²) in [6.45, 7) is 4.61. The molecule has 0 saturated carbocycles. The fourth-order valence-electron chi connectivity index (χ4n) is 3.04. The predicted octanol–water partition coefficient (Wildman–Crippen LogP) is 5.28. The summed E-state index contributed by atoms with van der Waals surface area (Å²) >= 11 is 12.0. The van der Waals surface area contributed by atoms with Crippen LogP contribution in [0.1, 0.15) is 19.8 Å². The number of nitrogens with zero attached hydrogens (tertiary/aromatic N) is 1. The third-order valence-corrected chi connectivity index (χ3v) is 5.23. The van der Waals surface area contributed by atoms with Crippen LogP contribution in [-0.4, -0.2) is 25.5 Å². The van der Waals surface area contributed by atoms with Gasteiger partial charge in [-0.25, -0.2) is 0 Å². The SMILES string of the molecule is CC1CCN(c2ccc(NC(=O)CNc3cc(Cl)ccc3Cl)cc2)CC1. The number of rotatable bonds is 5. The monoisotopic (exact) mass is 391 g/mol. The van der Waals surface area contributed by atoms with E-state index in [2.05, 4.69) is 34.6 Å². The summed E-state index contributed by atoms with van der Waals surface area (Å²) in [7, 11) is 0. The van der Waals surface area contributed by atoms with Crippen molar-refractivity contribution in [3.63, 3.8) is 0 Å². The molecule has 0 aromatic heterocycles. The van der Waals surface area contributed by atoms with Crippen molar-refractivity contribution in [2.45, 2.75) is 19.8 Å². The van der Waals surface area contributed by atoms with Crippen LogP contribution in [0.3, 0.4) is 0 Å². The van der Waals surface area contributed by atoms with E-state index in [0.717, 1.165) is 24.7 Å². The van der Waals surface area contributed by atoms with Gasteiger partial charge in [-0.1, -0.05) is 30.1 Å². The van der Waals surface area contributed by atoms with Crippen LogP contribution in [0.25, 0.3) is 0 Å². The van der Waals surface area contributed by atoms with Crippen molar-refractivity contribution in [1.82, 2.24) is 0 Å². The Morgan fingerprint density at radius 1 is 1.12 bits per heavy atom. The van der Waals surface area contributed by atoms with E-state index in [0.29, 0.717) is 15.7 Å². The lowest BCUT2D eigenvalue weighted by molar-refractivity contribution is -0.114. The second kappa shape index (κ2) is 8.65. The van der Waals surface area contributed by atoms with Gasteiger partial charge in [0.25, 0.3) is 0 Å². The number of hydrogen-bond donors (Lipinski definition) is 2. The van der Waals surface area contributed by atoms with E-state index in [4.69, 9.17) is 23.2 Å². The summed E-state index contributed by atoms with van der Waals surface area (Å²) < 4.78 is 0. The summed E-state index contributed by atoms with van der Waals surface area (Å²) in [5, 5.41) is 6.99. The molecular formula is C20H23Cl2N3O. The molecule has 6 heteroatoms. The molecule has 26 heavy (non-hydrogen) atoms. The zero-order valence-electron chi connectivity index (χ0n) is 14.8. The summed E-state index contributed by atoms with van der Waals surface area (Å²) in [6.07, 6.45) is 2.46. The van der Waals surface area contributed by atoms with Crippen molar-refractivity contribution in [3.05, 3.63) is 52.5 Å². The molecule has 0 atom stereocenters. The van der Waals surface area contributed by atoms with Gasteiger partial charge in [0.2, 0.25) is 5.91 Å². The van der Waals surface area contributed by atoms with Crippen LogP contribution in [0.15, 0.2) is 42.5 Å². The first kappa shape index (κ1) is 18.9. The van der Waals surface area contributed by atoms with Gasteiger partial charge in [-0.15, -0.1) is 0 Å². The lowest BCUT2D eigenvalue weighted by atomic mass is 9.99. The van der Waals surface area contributed by atoms with Crippen molar-refractivity contribution in [1.29, 1.82) is 0 Å². The third kappa shape index (κ3) is 5.05. The second-order valence-corrected chi connectivity index (χ2v) is 7.59. The highest BCUT2D eigenvalue weighted by Gasteiger charge is 2.16. The van der Waals surface area contributed by atoms with Crippen LogP contribution in [0, 0.1) is 5.92 Å². The Balaban J connectivity index is 1.52. The average molecular weight is 392 g/mol. The van der Waals surface area contributed by atoms with Gasteiger partial charge in [0.05, 0.1) is 17.3 Å². The maximum absolute atomic E-state index is 12.1. The van der Waals surface area contributed by atoms with Crippen LogP contribution in [0.4, 0.5) is 17.1 Å². The zero-order valence-corrected chi connectivity index (χ0v) is 16.3. The first-order valence-electron chi connectivity index (χ1n) is 8.85. The summed E-state index contributed by atoms with van der Waals surface area (Å²) in [5.74, 6) is 0.672. The number of carbonyl (C=O) groups is 1. The van der Waals surface area contributed by atoms with E-state index in [1.54, 1.807) is 18.2 Å². The van der Waals surface area contributed by atoms with Gasteiger partial charge < -0.3 is 15.5 Å². The average Bonchev–Trinajstić information content (AvgIpc) is 2.64. The summed E-state index contributed by atoms with van der Waals surface area (Å²) in [4.78, 5) is 14.5. The van der Waals surface area contributed by atoms with E-state index in [1.165, 1.54) is 18.5 Å². The Morgan fingerprint density at radius 3 is 2.50 bits per heavy atom. The molecule has 2 N–H and O–H groups in total. The standard InChI is InChI=1S/C20H23Cl2N3O/c1-14-8-10-25(11-9-14)17-5-3-16(4-6-17)24-20(26)13-23-19-12-15(21)2-7-18(19)22/h2-7,12,14,23H,8-11,13H2,1H3,(H,24,26). The van der Waals surface area contributed by atoms with Gasteiger partial charge in [0.15, 0.2) is 0 Å². The van der Waals surface area contributed by atoms with E-state index in [9.17, 15) is 4.79 Å². The van der Waals surface area contributed by atoms with Gasteiger partial charge in [-0.05, 0) is 61.2 Å². The molecule has 1 amide bonds. The van der Waals surface area contributed by atoms with Crippen molar-refractivity contribution >= 4 is 46.2 Å². The van der Waals surface area contributed by atoms with Gasteiger partial charge in [-0.3, -0.25) is 4.79 Å². The molecule has 1 aliphatic heterocycles. The minimum absolute atomic E-state index is 0.117. The highest BCUT2D eigenvalue weighted by Crippen LogP contribution is 2.26. The number of amides is 1. The molecule has 2 aromatic carbocycles. The van der Waals surface area contributed by atoms with Crippen molar-refractivity contribution in [2.75, 3.05) is 35.2 Å². The molecule has 4 nitrogen and oxygen atoms in total. The van der Waals surface area contributed by atoms with Crippen LogP contribution in [0.2, 0.25) is 10.0 Å². The fraction of sp³-hybridized carbons (Fsp3) is 0.350. The number of halogens is 2. The molecule has 0 unspecified atom stereocenters. The molecule has 0 spiro atoms. The van der Waals surface area contributed by atoms with Gasteiger partial charge in [-0.2, -0.15) is 0 Å². The van der Waals surface area contributed by atoms with Crippen LogP contribution >= 0.6 is 23.2 Å². The zero-order chi connectivity index (χ0) is 18.5. The Morgan fingerprint density at radius 2 is 1.81 bits per heavy atom. The number of carbonyl (C=O) groups excluding carboxylic acids is 1. The molecule has 1 heterocycles. The fourth-order valence-corrected chi connectivity index (χ4v) is 3.39. The smallest absolute Gasteiger partial charge is 0.243 e. The Labute approximate surface area is 164 Å². The molecule has 0 radical (unpaired) electrons. The van der Waals surface area contributed by atoms with Gasteiger partial charge in [0.1, 0.15) is 0 Å². The lowest BCUT2D eigenvalue weighted by Gasteiger charge is -2.32. The second-order valence-electron chi connectivity index (χ2n) is 6.74. The maximum Gasteiger partial charge on any atom is 0.243 e. The largest absolute Gasteiger partial charge is 0.375 e. The van der Waals surface area contributed by atoms with E-state index in [1.807, 2.05) is 12.1 Å². The van der Waals surface area contributed by atoms with Crippen molar-refractivity contribution in [2.24, 2.45) is 5.92 Å². The maximum atomic E-state index is 12.1. The quantitative estimate of drug-likeness (QED) is 0.728.